The Balaban J connectivity index is 2.78. The molecule has 0 radical (unpaired) electrons. The maximum Gasteiger partial charge on any atom is 0.254 e. The molecule has 17 heavy (non-hydrogen) atoms. The van der Waals surface area contributed by atoms with E-state index < -0.39 is 0 Å². The number of carbonyl (C=O) groups excluding carboxylic acids is 1. The molecular formula is C12H16Br2N2O. The molecule has 0 aliphatic heterocycles. The minimum absolute atomic E-state index is 0.0278. The van der Waals surface area contributed by atoms with Gasteiger partial charge in [-0.25, -0.2) is 0 Å². The van der Waals surface area contributed by atoms with Crippen LogP contribution in [0.3, 0.4) is 0 Å². The van der Waals surface area contributed by atoms with Crippen LogP contribution in [0.15, 0.2) is 27.1 Å². The van der Waals surface area contributed by atoms with Crippen LogP contribution >= 0.6 is 31.9 Å². The SMILES string of the molecule is CN(C)CCN(C)C(=O)c1cc(Br)ccc1Br. The molecule has 0 saturated heterocycles. The number of amides is 1. The molecule has 1 aromatic carbocycles. The van der Waals surface area contributed by atoms with Crippen LogP contribution in [0.1, 0.15) is 10.4 Å². The summed E-state index contributed by atoms with van der Waals surface area (Å²) in [6, 6.07) is 5.61. The Kier molecular flexibility index (Phi) is 5.62. The topological polar surface area (TPSA) is 23.6 Å². The van der Waals surface area contributed by atoms with Crippen molar-refractivity contribution in [2.45, 2.75) is 0 Å². The zero-order chi connectivity index (χ0) is 13.0. The van der Waals surface area contributed by atoms with Gasteiger partial charge in [-0.2, -0.15) is 0 Å². The molecule has 0 unspecified atom stereocenters. The van der Waals surface area contributed by atoms with Gasteiger partial charge in [0, 0.05) is 29.1 Å². The van der Waals surface area contributed by atoms with Gasteiger partial charge in [0.25, 0.3) is 5.91 Å². The van der Waals surface area contributed by atoms with E-state index in [1.54, 1.807) is 4.90 Å². The molecule has 1 aromatic rings. The molecule has 0 atom stereocenters. The van der Waals surface area contributed by atoms with Gasteiger partial charge in [-0.1, -0.05) is 15.9 Å². The predicted molar refractivity (Wildman–Crippen MR) is 77.4 cm³/mol. The molecule has 1 rings (SSSR count). The van der Waals surface area contributed by atoms with Crippen LogP contribution in [-0.2, 0) is 0 Å². The standard InChI is InChI=1S/C12H16Br2N2O/c1-15(2)6-7-16(3)12(17)10-8-9(13)4-5-11(10)14/h4-5,8H,6-7H2,1-3H3. The summed E-state index contributed by atoms with van der Waals surface area (Å²) < 4.78 is 1.73. The van der Waals surface area contributed by atoms with Crippen molar-refractivity contribution >= 4 is 37.8 Å². The molecule has 0 saturated carbocycles. The lowest BCUT2D eigenvalue weighted by molar-refractivity contribution is 0.0785. The maximum atomic E-state index is 12.2. The fourth-order valence-corrected chi connectivity index (χ4v) is 2.10. The van der Waals surface area contributed by atoms with E-state index in [2.05, 4.69) is 36.8 Å². The highest BCUT2D eigenvalue weighted by Crippen LogP contribution is 2.22. The molecule has 0 fully saturated rings. The van der Waals surface area contributed by atoms with Crippen LogP contribution in [0.25, 0.3) is 0 Å². The average Bonchev–Trinajstić information content (AvgIpc) is 2.28. The zero-order valence-electron chi connectivity index (χ0n) is 10.2. The molecule has 0 spiro atoms. The lowest BCUT2D eigenvalue weighted by atomic mass is 10.2. The van der Waals surface area contributed by atoms with Crippen LogP contribution in [0.5, 0.6) is 0 Å². The first-order chi connectivity index (χ1) is 7.91. The van der Waals surface area contributed by atoms with Crippen LogP contribution in [0, 0.1) is 0 Å². The molecule has 3 nitrogen and oxygen atoms in total. The van der Waals surface area contributed by atoms with Gasteiger partial charge in [0.1, 0.15) is 0 Å². The van der Waals surface area contributed by atoms with Gasteiger partial charge in [0.15, 0.2) is 0 Å². The minimum atomic E-state index is 0.0278. The van der Waals surface area contributed by atoms with Gasteiger partial charge >= 0.3 is 0 Å². The fraction of sp³-hybridized carbons (Fsp3) is 0.417. The lowest BCUT2D eigenvalue weighted by Gasteiger charge is -2.20. The van der Waals surface area contributed by atoms with E-state index in [0.717, 1.165) is 15.5 Å². The van der Waals surface area contributed by atoms with Crippen LogP contribution in [-0.4, -0.2) is 49.9 Å². The van der Waals surface area contributed by atoms with E-state index >= 15 is 0 Å². The van der Waals surface area contributed by atoms with Gasteiger partial charge in [-0.15, -0.1) is 0 Å². The number of carbonyl (C=O) groups is 1. The molecule has 94 valence electrons. The van der Waals surface area contributed by atoms with Crippen LogP contribution in [0.2, 0.25) is 0 Å². The quantitative estimate of drug-likeness (QED) is 0.821. The van der Waals surface area contributed by atoms with Crippen molar-refractivity contribution in [2.75, 3.05) is 34.2 Å². The highest BCUT2D eigenvalue weighted by molar-refractivity contribution is 9.11. The Morgan fingerprint density at radius 1 is 1.18 bits per heavy atom. The number of halogens is 2. The summed E-state index contributed by atoms with van der Waals surface area (Å²) in [7, 11) is 5.81. The van der Waals surface area contributed by atoms with Crippen molar-refractivity contribution < 1.29 is 4.79 Å². The largest absolute Gasteiger partial charge is 0.340 e. The van der Waals surface area contributed by atoms with Crippen molar-refractivity contribution in [3.05, 3.63) is 32.7 Å². The zero-order valence-corrected chi connectivity index (χ0v) is 13.4. The Labute approximate surface area is 119 Å². The summed E-state index contributed by atoms with van der Waals surface area (Å²) >= 11 is 6.78. The summed E-state index contributed by atoms with van der Waals surface area (Å²) in [5.74, 6) is 0.0278. The van der Waals surface area contributed by atoms with Crippen molar-refractivity contribution in [1.82, 2.24) is 9.80 Å². The van der Waals surface area contributed by atoms with Gasteiger partial charge in [0.2, 0.25) is 0 Å². The number of hydrogen-bond acceptors (Lipinski definition) is 2. The molecule has 0 heterocycles. The van der Waals surface area contributed by atoms with Crippen LogP contribution < -0.4 is 0 Å². The van der Waals surface area contributed by atoms with Gasteiger partial charge in [-0.05, 0) is 48.2 Å². The number of likely N-dealkylation sites (N-methyl/N-ethyl adjacent to an activating group) is 2. The maximum absolute atomic E-state index is 12.2. The van der Waals surface area contributed by atoms with E-state index in [1.165, 1.54) is 0 Å². The third kappa shape index (κ3) is 4.41. The average molecular weight is 364 g/mol. The number of hydrogen-bond donors (Lipinski definition) is 0. The summed E-state index contributed by atoms with van der Waals surface area (Å²) in [4.78, 5) is 16.0. The molecular weight excluding hydrogens is 348 g/mol. The molecule has 0 bridgehead atoms. The van der Waals surface area contributed by atoms with Gasteiger partial charge in [-0.3, -0.25) is 4.79 Å². The van der Waals surface area contributed by atoms with Crippen LogP contribution in [0.4, 0.5) is 0 Å². The second-order valence-corrected chi connectivity index (χ2v) is 5.92. The second-order valence-electron chi connectivity index (χ2n) is 4.15. The van der Waals surface area contributed by atoms with Crippen molar-refractivity contribution in [3.63, 3.8) is 0 Å². The van der Waals surface area contributed by atoms with E-state index in [0.29, 0.717) is 12.1 Å². The smallest absolute Gasteiger partial charge is 0.254 e. The monoisotopic (exact) mass is 362 g/mol. The van der Waals surface area contributed by atoms with E-state index in [1.807, 2.05) is 39.3 Å². The second kappa shape index (κ2) is 6.52. The number of rotatable bonds is 4. The molecule has 0 aliphatic carbocycles. The van der Waals surface area contributed by atoms with Crippen molar-refractivity contribution in [2.24, 2.45) is 0 Å². The third-order valence-electron chi connectivity index (χ3n) is 2.39. The molecule has 0 aliphatic rings. The summed E-state index contributed by atoms with van der Waals surface area (Å²) in [5, 5.41) is 0. The Bertz CT molecular complexity index is 407. The van der Waals surface area contributed by atoms with Gasteiger partial charge < -0.3 is 9.80 Å². The van der Waals surface area contributed by atoms with E-state index in [9.17, 15) is 4.79 Å². The Morgan fingerprint density at radius 2 is 1.82 bits per heavy atom. The lowest BCUT2D eigenvalue weighted by Crippen LogP contribution is -2.33. The number of benzene rings is 1. The van der Waals surface area contributed by atoms with Gasteiger partial charge in [0.05, 0.1) is 5.56 Å². The van der Waals surface area contributed by atoms with Crippen molar-refractivity contribution in [3.8, 4) is 0 Å². The first-order valence-electron chi connectivity index (χ1n) is 5.27. The molecule has 0 N–H and O–H groups in total. The molecule has 1 amide bonds. The normalized spacial score (nSPS) is 10.7. The first kappa shape index (κ1) is 14.7. The summed E-state index contributed by atoms with van der Waals surface area (Å²) in [6.45, 7) is 1.57. The Morgan fingerprint density at radius 3 is 2.41 bits per heavy atom. The molecule has 0 aromatic heterocycles. The molecule has 5 heteroatoms. The summed E-state index contributed by atoms with van der Waals surface area (Å²) in [5.41, 5.74) is 0.681. The minimum Gasteiger partial charge on any atom is -0.340 e. The third-order valence-corrected chi connectivity index (χ3v) is 3.57. The Hall–Kier alpha value is -0.390. The van der Waals surface area contributed by atoms with E-state index in [-0.39, 0.29) is 5.91 Å². The van der Waals surface area contributed by atoms with Crippen molar-refractivity contribution in [1.29, 1.82) is 0 Å². The van der Waals surface area contributed by atoms with E-state index in [4.69, 9.17) is 0 Å². The fourth-order valence-electron chi connectivity index (χ4n) is 1.32. The number of nitrogens with zero attached hydrogens (tertiary/aromatic N) is 2. The first-order valence-corrected chi connectivity index (χ1v) is 6.85. The highest BCUT2D eigenvalue weighted by atomic mass is 79.9. The summed E-state index contributed by atoms with van der Waals surface area (Å²) in [6.07, 6.45) is 0. The highest BCUT2D eigenvalue weighted by Gasteiger charge is 2.15. The predicted octanol–water partition coefficient (Wildman–Crippen LogP) is 2.85.